The maximum atomic E-state index is 12.3. The molecule has 0 bridgehead atoms. The summed E-state index contributed by atoms with van der Waals surface area (Å²) < 4.78 is 5.54. The Morgan fingerprint density at radius 1 is 1.61 bits per heavy atom. The first-order valence-electron chi connectivity index (χ1n) is 6.77. The molecule has 2 aliphatic rings. The van der Waals surface area contributed by atoms with Crippen LogP contribution in [0.3, 0.4) is 0 Å². The summed E-state index contributed by atoms with van der Waals surface area (Å²) in [6.45, 7) is 4.75. The van der Waals surface area contributed by atoms with Gasteiger partial charge in [0.15, 0.2) is 0 Å². The highest BCUT2D eigenvalue weighted by atomic mass is 32.2. The Morgan fingerprint density at radius 3 is 3.11 bits per heavy atom. The second-order valence-corrected chi connectivity index (χ2v) is 6.65. The maximum absolute atomic E-state index is 12.3. The van der Waals surface area contributed by atoms with E-state index in [9.17, 15) is 4.79 Å². The Kier molecular flexibility index (Phi) is 4.92. The average Bonchev–Trinajstić information content (AvgIpc) is 2.40. The second-order valence-electron chi connectivity index (χ2n) is 5.50. The summed E-state index contributed by atoms with van der Waals surface area (Å²) in [4.78, 5) is 14.3. The van der Waals surface area contributed by atoms with Gasteiger partial charge in [-0.3, -0.25) is 4.79 Å². The van der Waals surface area contributed by atoms with Gasteiger partial charge in [0.1, 0.15) is 0 Å². The van der Waals surface area contributed by atoms with Crippen molar-refractivity contribution in [3.63, 3.8) is 0 Å². The first kappa shape index (κ1) is 14.2. The van der Waals surface area contributed by atoms with Crippen LogP contribution in [0.15, 0.2) is 0 Å². The minimum atomic E-state index is -0.150. The van der Waals surface area contributed by atoms with Crippen LogP contribution in [0.25, 0.3) is 0 Å². The van der Waals surface area contributed by atoms with Gasteiger partial charge in [0.05, 0.1) is 5.60 Å². The molecule has 2 atom stereocenters. The smallest absolute Gasteiger partial charge is 0.224 e. The SMILES string of the molecule is COC1(C)CCCN(C(=O)CC2CSCCN2)C1. The molecular formula is C13H24N2O2S. The van der Waals surface area contributed by atoms with Gasteiger partial charge < -0.3 is 15.0 Å². The third-order valence-electron chi connectivity index (χ3n) is 3.92. The van der Waals surface area contributed by atoms with Crippen LogP contribution in [-0.4, -0.2) is 60.7 Å². The molecule has 18 heavy (non-hydrogen) atoms. The number of ether oxygens (including phenoxy) is 1. The number of nitrogens with zero attached hydrogens (tertiary/aromatic N) is 1. The van der Waals surface area contributed by atoms with Gasteiger partial charge in [-0.1, -0.05) is 0 Å². The molecule has 104 valence electrons. The molecule has 2 heterocycles. The van der Waals surface area contributed by atoms with E-state index in [1.165, 1.54) is 0 Å². The molecule has 0 spiro atoms. The van der Waals surface area contributed by atoms with E-state index in [-0.39, 0.29) is 11.5 Å². The van der Waals surface area contributed by atoms with E-state index in [0.29, 0.717) is 12.5 Å². The Labute approximate surface area is 114 Å². The van der Waals surface area contributed by atoms with E-state index in [2.05, 4.69) is 12.2 Å². The van der Waals surface area contributed by atoms with E-state index < -0.39 is 0 Å². The summed E-state index contributed by atoms with van der Waals surface area (Å²) in [5.74, 6) is 2.50. The van der Waals surface area contributed by atoms with Gasteiger partial charge in [-0.25, -0.2) is 0 Å². The summed E-state index contributed by atoms with van der Waals surface area (Å²) in [5.41, 5.74) is -0.150. The van der Waals surface area contributed by atoms with Crippen molar-refractivity contribution in [2.24, 2.45) is 0 Å². The van der Waals surface area contributed by atoms with Gasteiger partial charge in [0, 0.05) is 50.7 Å². The number of carbonyl (C=O) groups excluding carboxylic acids is 1. The minimum absolute atomic E-state index is 0.150. The number of amides is 1. The molecule has 2 aliphatic heterocycles. The van der Waals surface area contributed by atoms with E-state index >= 15 is 0 Å². The summed E-state index contributed by atoms with van der Waals surface area (Å²) in [7, 11) is 1.74. The molecule has 2 rings (SSSR count). The topological polar surface area (TPSA) is 41.6 Å². The number of piperidine rings is 1. The fraction of sp³-hybridized carbons (Fsp3) is 0.923. The van der Waals surface area contributed by atoms with Crippen molar-refractivity contribution in [1.29, 1.82) is 0 Å². The summed E-state index contributed by atoms with van der Waals surface area (Å²) in [6, 6.07) is 0.354. The lowest BCUT2D eigenvalue weighted by Crippen LogP contribution is -2.51. The van der Waals surface area contributed by atoms with Crippen LogP contribution in [0.1, 0.15) is 26.2 Å². The van der Waals surface area contributed by atoms with Crippen LogP contribution in [0.4, 0.5) is 0 Å². The van der Waals surface area contributed by atoms with E-state index in [1.54, 1.807) is 7.11 Å². The normalized spacial score (nSPS) is 33.4. The first-order valence-corrected chi connectivity index (χ1v) is 7.92. The Morgan fingerprint density at radius 2 is 2.44 bits per heavy atom. The molecule has 1 N–H and O–H groups in total. The van der Waals surface area contributed by atoms with E-state index in [1.807, 2.05) is 16.7 Å². The monoisotopic (exact) mass is 272 g/mol. The Hall–Kier alpha value is -0.260. The zero-order valence-electron chi connectivity index (χ0n) is 11.4. The highest BCUT2D eigenvalue weighted by molar-refractivity contribution is 7.99. The van der Waals surface area contributed by atoms with Crippen molar-refractivity contribution in [2.75, 3.05) is 38.2 Å². The molecule has 0 saturated carbocycles. The largest absolute Gasteiger partial charge is 0.377 e. The molecule has 5 heteroatoms. The van der Waals surface area contributed by atoms with Crippen LogP contribution in [-0.2, 0) is 9.53 Å². The van der Waals surface area contributed by atoms with Gasteiger partial charge >= 0.3 is 0 Å². The van der Waals surface area contributed by atoms with Gasteiger partial charge in [-0.15, -0.1) is 0 Å². The van der Waals surface area contributed by atoms with Crippen molar-refractivity contribution >= 4 is 17.7 Å². The van der Waals surface area contributed by atoms with Crippen molar-refractivity contribution in [3.8, 4) is 0 Å². The minimum Gasteiger partial charge on any atom is -0.377 e. The van der Waals surface area contributed by atoms with Crippen LogP contribution in [0.2, 0.25) is 0 Å². The Balaban J connectivity index is 1.84. The fourth-order valence-electron chi connectivity index (χ4n) is 2.68. The van der Waals surface area contributed by atoms with Gasteiger partial charge in [-0.2, -0.15) is 11.8 Å². The number of carbonyl (C=O) groups is 1. The molecule has 2 unspecified atom stereocenters. The zero-order valence-corrected chi connectivity index (χ0v) is 12.2. The molecule has 0 aromatic rings. The number of thioether (sulfide) groups is 1. The van der Waals surface area contributed by atoms with Gasteiger partial charge in [0.2, 0.25) is 5.91 Å². The summed E-state index contributed by atoms with van der Waals surface area (Å²) in [6.07, 6.45) is 2.72. The highest BCUT2D eigenvalue weighted by Crippen LogP contribution is 2.24. The molecule has 0 aromatic heterocycles. The van der Waals surface area contributed by atoms with Gasteiger partial charge in [0.25, 0.3) is 0 Å². The van der Waals surface area contributed by atoms with Crippen LogP contribution < -0.4 is 5.32 Å². The predicted octanol–water partition coefficient (Wildman–Crippen LogP) is 1.11. The summed E-state index contributed by atoms with van der Waals surface area (Å²) in [5, 5.41) is 3.42. The lowest BCUT2D eigenvalue weighted by molar-refractivity contribution is -0.139. The summed E-state index contributed by atoms with van der Waals surface area (Å²) >= 11 is 1.94. The van der Waals surface area contributed by atoms with Crippen LogP contribution in [0, 0.1) is 0 Å². The van der Waals surface area contributed by atoms with Crippen molar-refractivity contribution in [3.05, 3.63) is 0 Å². The fourth-order valence-corrected chi connectivity index (χ4v) is 3.62. The zero-order chi connectivity index (χ0) is 13.0. The molecule has 2 saturated heterocycles. The van der Waals surface area contributed by atoms with E-state index in [4.69, 9.17) is 4.74 Å². The first-order chi connectivity index (χ1) is 8.63. The molecule has 0 aromatic carbocycles. The Bertz CT molecular complexity index is 295. The molecular weight excluding hydrogens is 248 g/mol. The average molecular weight is 272 g/mol. The number of rotatable bonds is 3. The third kappa shape index (κ3) is 3.62. The second kappa shape index (κ2) is 6.26. The number of methoxy groups -OCH3 is 1. The van der Waals surface area contributed by atoms with E-state index in [0.717, 1.165) is 44.0 Å². The lowest BCUT2D eigenvalue weighted by atomic mass is 9.94. The maximum Gasteiger partial charge on any atom is 0.224 e. The van der Waals surface area contributed by atoms with Crippen molar-refractivity contribution in [1.82, 2.24) is 10.2 Å². The number of likely N-dealkylation sites (tertiary alicyclic amines) is 1. The quantitative estimate of drug-likeness (QED) is 0.835. The molecule has 4 nitrogen and oxygen atoms in total. The highest BCUT2D eigenvalue weighted by Gasteiger charge is 2.33. The lowest BCUT2D eigenvalue weighted by Gasteiger charge is -2.40. The third-order valence-corrected chi connectivity index (χ3v) is 5.05. The van der Waals surface area contributed by atoms with Crippen LogP contribution in [0.5, 0.6) is 0 Å². The van der Waals surface area contributed by atoms with Crippen LogP contribution >= 0.6 is 11.8 Å². The molecule has 0 radical (unpaired) electrons. The molecule has 2 fully saturated rings. The number of hydrogen-bond donors (Lipinski definition) is 1. The molecule has 0 aliphatic carbocycles. The van der Waals surface area contributed by atoms with Gasteiger partial charge in [-0.05, 0) is 19.8 Å². The standard InChI is InChI=1S/C13H24N2O2S/c1-13(17-2)4-3-6-15(10-13)12(16)8-11-9-18-7-5-14-11/h11,14H,3-10H2,1-2H3. The number of nitrogens with one attached hydrogen (secondary N) is 1. The van der Waals surface area contributed by atoms with Crippen molar-refractivity contribution < 1.29 is 9.53 Å². The van der Waals surface area contributed by atoms with Crippen molar-refractivity contribution in [2.45, 2.75) is 37.8 Å². The number of hydrogen-bond acceptors (Lipinski definition) is 4. The predicted molar refractivity (Wildman–Crippen MR) is 75.0 cm³/mol. The molecule has 1 amide bonds.